The van der Waals surface area contributed by atoms with Gasteiger partial charge in [0.25, 0.3) is 0 Å². The Balaban J connectivity index is 2.27. The molecule has 1 N–H and O–H groups in total. The van der Waals surface area contributed by atoms with Gasteiger partial charge in [0.2, 0.25) is 5.91 Å². The first-order chi connectivity index (χ1) is 13.9. The summed E-state index contributed by atoms with van der Waals surface area (Å²) in [6, 6.07) is 12.5. The summed E-state index contributed by atoms with van der Waals surface area (Å²) in [6.45, 7) is 1.50. The molecule has 0 radical (unpaired) electrons. The monoisotopic (exact) mass is 411 g/mol. The number of halogens is 1. The first-order valence-electron chi connectivity index (χ1n) is 8.85. The number of hydroxylamine groups is 1. The number of carbonyl (C=O) groups is 1. The van der Waals surface area contributed by atoms with Crippen LogP contribution in [0.15, 0.2) is 42.5 Å². The summed E-state index contributed by atoms with van der Waals surface area (Å²) in [5.74, 6) is 5.88. The lowest BCUT2D eigenvalue weighted by Gasteiger charge is -2.28. The molecule has 0 fully saturated rings. The van der Waals surface area contributed by atoms with Gasteiger partial charge < -0.3 is 9.47 Å². The Morgan fingerprint density at radius 2 is 1.90 bits per heavy atom. The number of benzene rings is 2. The van der Waals surface area contributed by atoms with Gasteiger partial charge in [-0.1, -0.05) is 41.6 Å². The van der Waals surface area contributed by atoms with Crippen LogP contribution in [0.5, 0.6) is 11.5 Å². The third kappa shape index (κ3) is 5.93. The molecule has 6 heteroatoms. The molecule has 0 saturated heterocycles. The second kappa shape index (κ2) is 10.4. The zero-order valence-electron chi connectivity index (χ0n) is 16.3. The van der Waals surface area contributed by atoms with E-state index in [0.29, 0.717) is 34.9 Å². The van der Waals surface area contributed by atoms with Crippen molar-refractivity contribution in [2.24, 2.45) is 0 Å². The van der Waals surface area contributed by atoms with Crippen molar-refractivity contribution in [3.63, 3.8) is 0 Å². The summed E-state index contributed by atoms with van der Waals surface area (Å²) in [6.07, 6.45) is 12.0. The number of nitrogens with one attached hydrogen (secondary N) is 1. The fraction of sp³-hybridized carbons (Fsp3) is 0.261. The normalized spacial score (nSPS) is 12.2. The van der Waals surface area contributed by atoms with E-state index in [1.807, 2.05) is 12.1 Å². The molecular weight excluding hydrogens is 390 g/mol. The maximum Gasteiger partial charge on any atom is 0.240 e. The topological polar surface area (TPSA) is 56.8 Å². The number of rotatable bonds is 9. The Labute approximate surface area is 176 Å². The Kier molecular flexibility index (Phi) is 7.98. The lowest BCUT2D eigenvalue weighted by Crippen LogP contribution is -2.37. The van der Waals surface area contributed by atoms with Crippen molar-refractivity contribution in [2.75, 3.05) is 13.7 Å². The standard InChI is InChI=1S/C23H22ClNO4/c1-5-15-28-21-12-7-18(16-22(21)27-4)13-14-23(6-2,29-25-17(3)26)19-8-10-20(24)11-9-19/h1-2,7-12,16H,13-15H2,3-4H3,(H,25,26). The number of amides is 1. The number of methoxy groups -OCH3 is 1. The Hall–Kier alpha value is -3.12. The average molecular weight is 412 g/mol. The Morgan fingerprint density at radius 1 is 1.17 bits per heavy atom. The van der Waals surface area contributed by atoms with Crippen LogP contribution < -0.4 is 15.0 Å². The van der Waals surface area contributed by atoms with Crippen molar-refractivity contribution in [2.45, 2.75) is 25.4 Å². The molecule has 0 saturated carbocycles. The van der Waals surface area contributed by atoms with Crippen molar-refractivity contribution in [1.29, 1.82) is 0 Å². The van der Waals surface area contributed by atoms with Crippen LogP contribution in [0.3, 0.4) is 0 Å². The zero-order valence-corrected chi connectivity index (χ0v) is 17.1. The molecule has 0 aliphatic heterocycles. The average Bonchev–Trinajstić information content (AvgIpc) is 2.73. The van der Waals surface area contributed by atoms with Crippen LogP contribution in [0.25, 0.3) is 0 Å². The minimum Gasteiger partial charge on any atom is -0.493 e. The van der Waals surface area contributed by atoms with Crippen LogP contribution in [-0.2, 0) is 21.7 Å². The lowest BCUT2D eigenvalue weighted by molar-refractivity contribution is -0.144. The minimum absolute atomic E-state index is 0.150. The van der Waals surface area contributed by atoms with Gasteiger partial charge in [0.1, 0.15) is 6.61 Å². The van der Waals surface area contributed by atoms with E-state index < -0.39 is 5.60 Å². The van der Waals surface area contributed by atoms with Crippen molar-refractivity contribution in [1.82, 2.24) is 5.48 Å². The maximum absolute atomic E-state index is 11.4. The van der Waals surface area contributed by atoms with Gasteiger partial charge in [-0.25, -0.2) is 10.3 Å². The molecule has 2 aromatic rings. The molecule has 0 heterocycles. The van der Waals surface area contributed by atoms with Gasteiger partial charge in [-0.3, -0.25) is 4.79 Å². The quantitative estimate of drug-likeness (QED) is 0.502. The van der Waals surface area contributed by atoms with E-state index >= 15 is 0 Å². The highest BCUT2D eigenvalue weighted by Crippen LogP contribution is 2.33. The van der Waals surface area contributed by atoms with Crippen LogP contribution in [0.2, 0.25) is 5.02 Å². The molecule has 150 valence electrons. The number of hydrogen-bond acceptors (Lipinski definition) is 4. The van der Waals surface area contributed by atoms with Crippen molar-refractivity contribution < 1.29 is 19.1 Å². The van der Waals surface area contributed by atoms with Gasteiger partial charge in [0.05, 0.1) is 7.11 Å². The van der Waals surface area contributed by atoms with Gasteiger partial charge >= 0.3 is 0 Å². The van der Waals surface area contributed by atoms with Crippen LogP contribution in [0, 0.1) is 24.7 Å². The van der Waals surface area contributed by atoms with Gasteiger partial charge in [0, 0.05) is 11.9 Å². The highest BCUT2D eigenvalue weighted by molar-refractivity contribution is 6.30. The highest BCUT2D eigenvalue weighted by atomic mass is 35.5. The van der Waals surface area contributed by atoms with Gasteiger partial charge in [-0.2, -0.15) is 0 Å². The van der Waals surface area contributed by atoms with E-state index in [4.69, 9.17) is 38.8 Å². The maximum atomic E-state index is 11.4. The molecule has 0 aliphatic rings. The van der Waals surface area contributed by atoms with E-state index in [1.54, 1.807) is 37.4 Å². The zero-order chi connectivity index (χ0) is 21.3. The third-order valence-corrected chi connectivity index (χ3v) is 4.47. The Morgan fingerprint density at radius 3 is 2.48 bits per heavy atom. The van der Waals surface area contributed by atoms with Crippen molar-refractivity contribution >= 4 is 17.5 Å². The van der Waals surface area contributed by atoms with Crippen LogP contribution in [0.1, 0.15) is 24.5 Å². The van der Waals surface area contributed by atoms with E-state index in [-0.39, 0.29) is 12.5 Å². The first kappa shape index (κ1) is 22.2. The fourth-order valence-electron chi connectivity index (χ4n) is 2.74. The molecule has 1 unspecified atom stereocenters. The second-order valence-electron chi connectivity index (χ2n) is 6.22. The predicted molar refractivity (Wildman–Crippen MR) is 113 cm³/mol. The summed E-state index contributed by atoms with van der Waals surface area (Å²) in [5.41, 5.74) is 2.86. The molecule has 5 nitrogen and oxygen atoms in total. The van der Waals surface area contributed by atoms with E-state index in [1.165, 1.54) is 6.92 Å². The number of ether oxygens (including phenoxy) is 2. The van der Waals surface area contributed by atoms with E-state index in [0.717, 1.165) is 5.56 Å². The number of hydrogen-bond donors (Lipinski definition) is 1. The summed E-state index contributed by atoms with van der Waals surface area (Å²) >= 11 is 5.99. The molecule has 0 aliphatic carbocycles. The molecule has 1 atom stereocenters. The molecule has 0 spiro atoms. The number of aryl methyl sites for hydroxylation is 1. The Bertz CT molecular complexity index is 927. The van der Waals surface area contributed by atoms with Crippen molar-refractivity contribution in [3.8, 4) is 36.2 Å². The number of terminal acetylenes is 2. The van der Waals surface area contributed by atoms with Crippen LogP contribution >= 0.6 is 11.6 Å². The first-order valence-corrected chi connectivity index (χ1v) is 9.23. The SMILES string of the molecule is C#CCOc1ccc(CCC(C#C)(ONC(C)=O)c2ccc(Cl)cc2)cc1OC. The lowest BCUT2D eigenvalue weighted by atomic mass is 9.88. The number of carbonyl (C=O) groups excluding carboxylic acids is 1. The predicted octanol–water partition coefficient (Wildman–Crippen LogP) is 3.89. The molecule has 2 rings (SSSR count). The van der Waals surface area contributed by atoms with Gasteiger partial charge in [-0.15, -0.1) is 12.8 Å². The third-order valence-electron chi connectivity index (χ3n) is 4.22. The fourth-order valence-corrected chi connectivity index (χ4v) is 2.87. The molecular formula is C23H22ClNO4. The molecule has 2 aromatic carbocycles. The van der Waals surface area contributed by atoms with Gasteiger partial charge in [-0.05, 0) is 48.2 Å². The van der Waals surface area contributed by atoms with E-state index in [9.17, 15) is 4.79 Å². The summed E-state index contributed by atoms with van der Waals surface area (Å²) in [7, 11) is 1.56. The molecule has 0 bridgehead atoms. The summed E-state index contributed by atoms with van der Waals surface area (Å²) in [4.78, 5) is 17.1. The largest absolute Gasteiger partial charge is 0.493 e. The van der Waals surface area contributed by atoms with Crippen LogP contribution in [0.4, 0.5) is 0 Å². The second-order valence-corrected chi connectivity index (χ2v) is 6.65. The smallest absolute Gasteiger partial charge is 0.240 e. The minimum atomic E-state index is -1.16. The van der Waals surface area contributed by atoms with E-state index in [2.05, 4.69) is 17.3 Å². The molecule has 1 amide bonds. The molecule has 29 heavy (non-hydrogen) atoms. The summed E-state index contributed by atoms with van der Waals surface area (Å²) in [5, 5.41) is 0.575. The summed E-state index contributed by atoms with van der Waals surface area (Å²) < 4.78 is 10.8. The van der Waals surface area contributed by atoms with Gasteiger partial charge in [0.15, 0.2) is 17.1 Å². The van der Waals surface area contributed by atoms with Crippen LogP contribution in [-0.4, -0.2) is 19.6 Å². The highest BCUT2D eigenvalue weighted by Gasteiger charge is 2.32. The molecule has 0 aromatic heterocycles. The van der Waals surface area contributed by atoms with Crippen molar-refractivity contribution in [3.05, 3.63) is 58.6 Å².